The molecule has 3 N–H and O–H groups in total. The van der Waals surface area contributed by atoms with Crippen molar-refractivity contribution in [3.05, 3.63) is 60.9 Å². The molecule has 2 aromatic carbocycles. The number of aromatic nitrogens is 5. The van der Waals surface area contributed by atoms with E-state index in [1.54, 1.807) is 75.7 Å². The number of benzene rings is 2. The first-order valence-electron chi connectivity index (χ1n) is 13.3. The molecule has 1 saturated heterocycles. The second kappa shape index (κ2) is 12.4. The van der Waals surface area contributed by atoms with Gasteiger partial charge in [-0.3, -0.25) is 9.69 Å². The van der Waals surface area contributed by atoms with Gasteiger partial charge in [0.1, 0.15) is 23.6 Å². The van der Waals surface area contributed by atoms with Gasteiger partial charge >= 0.3 is 6.09 Å². The van der Waals surface area contributed by atoms with Crippen LogP contribution in [0.25, 0.3) is 5.82 Å². The lowest BCUT2D eigenvalue weighted by Gasteiger charge is -2.22. The molecule has 0 radical (unpaired) electrons. The molecule has 218 valence electrons. The number of nitrogens with zero attached hydrogens (tertiary/aromatic N) is 8. The molecule has 1 fully saturated rings. The fourth-order valence-electron chi connectivity index (χ4n) is 4.45. The molecule has 42 heavy (non-hydrogen) atoms. The predicted octanol–water partition coefficient (Wildman–Crippen LogP) is 3.09. The molecular weight excluding hydrogens is 540 g/mol. The summed E-state index contributed by atoms with van der Waals surface area (Å²) in [6.45, 7) is 4.38. The van der Waals surface area contributed by atoms with Crippen LogP contribution in [0.5, 0.6) is 11.5 Å². The van der Waals surface area contributed by atoms with Gasteiger partial charge in [-0.1, -0.05) is 0 Å². The summed E-state index contributed by atoms with van der Waals surface area (Å²) in [5.74, 6) is 2.78. The van der Waals surface area contributed by atoms with Crippen LogP contribution < -0.4 is 30.3 Å². The van der Waals surface area contributed by atoms with Crippen LogP contribution in [0.4, 0.5) is 33.9 Å². The first-order valence-corrected chi connectivity index (χ1v) is 13.3. The lowest BCUT2D eigenvalue weighted by molar-refractivity contribution is -0.128. The molecule has 14 heteroatoms. The van der Waals surface area contributed by atoms with Crippen molar-refractivity contribution in [2.24, 2.45) is 0 Å². The van der Waals surface area contributed by atoms with Crippen LogP contribution >= 0.6 is 0 Å². The number of methoxy groups -OCH3 is 1. The lowest BCUT2D eigenvalue weighted by atomic mass is 10.2. The van der Waals surface area contributed by atoms with E-state index in [0.29, 0.717) is 41.8 Å². The van der Waals surface area contributed by atoms with Crippen molar-refractivity contribution >= 4 is 41.1 Å². The molecular formula is C28H32N10O4. The summed E-state index contributed by atoms with van der Waals surface area (Å²) in [5.41, 5.74) is 7.50. The molecule has 0 unspecified atom stereocenters. The quantitative estimate of drug-likeness (QED) is 0.335. The highest BCUT2D eigenvalue weighted by molar-refractivity contribution is 5.88. The monoisotopic (exact) mass is 572 g/mol. The third-order valence-electron chi connectivity index (χ3n) is 6.80. The minimum Gasteiger partial charge on any atom is -0.497 e. The van der Waals surface area contributed by atoms with E-state index in [-0.39, 0.29) is 17.8 Å². The number of carbonyl (C=O) groups excluding carboxylic acids is 2. The summed E-state index contributed by atoms with van der Waals surface area (Å²) >= 11 is 0. The fourth-order valence-corrected chi connectivity index (χ4v) is 4.45. The van der Waals surface area contributed by atoms with Crippen molar-refractivity contribution in [2.75, 3.05) is 61.2 Å². The van der Waals surface area contributed by atoms with Gasteiger partial charge < -0.3 is 30.3 Å². The van der Waals surface area contributed by atoms with Crippen LogP contribution in [-0.4, -0.2) is 82.0 Å². The lowest BCUT2D eigenvalue weighted by Crippen LogP contribution is -2.33. The van der Waals surface area contributed by atoms with E-state index in [0.717, 1.165) is 25.3 Å². The van der Waals surface area contributed by atoms with Gasteiger partial charge in [0.2, 0.25) is 17.8 Å². The molecule has 1 aliphatic heterocycles. The zero-order valence-electron chi connectivity index (χ0n) is 23.6. The number of ether oxygens (including phenoxy) is 2. The van der Waals surface area contributed by atoms with E-state index in [1.807, 2.05) is 4.90 Å². The summed E-state index contributed by atoms with van der Waals surface area (Å²) in [5, 5.41) is 7.60. The highest BCUT2D eigenvalue weighted by Crippen LogP contribution is 2.23. The average molecular weight is 573 g/mol. The molecule has 5 rings (SSSR count). The predicted molar refractivity (Wildman–Crippen MR) is 158 cm³/mol. The molecule has 2 amide bonds. The van der Waals surface area contributed by atoms with Crippen LogP contribution in [-0.2, 0) is 4.79 Å². The Morgan fingerprint density at radius 2 is 1.67 bits per heavy atom. The van der Waals surface area contributed by atoms with Crippen LogP contribution in [0.2, 0.25) is 0 Å². The Labute approximate surface area is 242 Å². The van der Waals surface area contributed by atoms with Crippen molar-refractivity contribution in [1.29, 1.82) is 0 Å². The minimum absolute atomic E-state index is 0.0736. The largest absolute Gasteiger partial charge is 0.497 e. The van der Waals surface area contributed by atoms with Gasteiger partial charge in [-0.25, -0.2) is 14.8 Å². The van der Waals surface area contributed by atoms with Crippen molar-refractivity contribution in [3.63, 3.8) is 0 Å². The summed E-state index contributed by atoms with van der Waals surface area (Å²) in [7, 11) is 3.19. The number of nitrogens with two attached hydrogens (primary N) is 1. The maximum absolute atomic E-state index is 12.6. The molecule has 1 aliphatic rings. The van der Waals surface area contributed by atoms with Crippen molar-refractivity contribution < 1.29 is 19.1 Å². The van der Waals surface area contributed by atoms with Crippen LogP contribution in [0.1, 0.15) is 13.3 Å². The van der Waals surface area contributed by atoms with Crippen molar-refractivity contribution in [3.8, 4) is 17.3 Å². The van der Waals surface area contributed by atoms with E-state index < -0.39 is 6.09 Å². The molecule has 0 atom stereocenters. The van der Waals surface area contributed by atoms with E-state index in [9.17, 15) is 9.59 Å². The van der Waals surface area contributed by atoms with Gasteiger partial charge in [0.25, 0.3) is 0 Å². The number of nitrogens with one attached hydrogen (secondary N) is 1. The molecule has 4 aromatic rings. The molecule has 0 aliphatic carbocycles. The zero-order chi connectivity index (χ0) is 29.6. The van der Waals surface area contributed by atoms with Gasteiger partial charge in [0.15, 0.2) is 5.82 Å². The summed E-state index contributed by atoms with van der Waals surface area (Å²) < 4.78 is 12.0. The maximum atomic E-state index is 12.6. The van der Waals surface area contributed by atoms with Gasteiger partial charge in [-0.05, 0) is 55.0 Å². The number of rotatable bonds is 7. The highest BCUT2D eigenvalue weighted by atomic mass is 16.6. The van der Waals surface area contributed by atoms with Gasteiger partial charge in [0, 0.05) is 57.6 Å². The standard InChI is InChI=1S/C28H32N10O4/c1-19(39)36-13-4-14-37(16-15-36)24-17-25(31-18-30-24)38-26(29)33-27(34-38)32-20-5-7-21(8-6-20)35(2)28(40)42-23-11-9-22(41-3)10-12-23/h5-12,17-18H,4,13-16H2,1-3H3,(H3,29,32,33,34). The van der Waals surface area contributed by atoms with Gasteiger partial charge in [-0.15, -0.1) is 5.10 Å². The number of hydrogen-bond donors (Lipinski definition) is 2. The number of amides is 2. The molecule has 0 bridgehead atoms. The summed E-state index contributed by atoms with van der Waals surface area (Å²) in [4.78, 5) is 42.8. The number of anilines is 5. The molecule has 0 saturated carbocycles. The second-order valence-corrected chi connectivity index (χ2v) is 9.56. The Hall–Kier alpha value is -5.40. The topological polar surface area (TPSA) is 157 Å². The summed E-state index contributed by atoms with van der Waals surface area (Å²) in [6, 6.07) is 15.7. The van der Waals surface area contributed by atoms with Crippen molar-refractivity contribution in [2.45, 2.75) is 13.3 Å². The van der Waals surface area contributed by atoms with E-state index in [4.69, 9.17) is 15.2 Å². The Morgan fingerprint density at radius 3 is 2.38 bits per heavy atom. The van der Waals surface area contributed by atoms with Gasteiger partial charge in [0.05, 0.1) is 7.11 Å². The number of nitrogen functional groups attached to an aromatic ring is 1. The Morgan fingerprint density at radius 1 is 0.952 bits per heavy atom. The number of hydrogen-bond acceptors (Lipinski definition) is 11. The van der Waals surface area contributed by atoms with Crippen molar-refractivity contribution in [1.82, 2.24) is 29.6 Å². The van der Waals surface area contributed by atoms with Crippen LogP contribution in [0.3, 0.4) is 0 Å². The van der Waals surface area contributed by atoms with E-state index in [1.165, 1.54) is 15.9 Å². The molecule has 0 spiro atoms. The van der Waals surface area contributed by atoms with Gasteiger partial charge in [-0.2, -0.15) is 9.67 Å². The SMILES string of the molecule is COc1ccc(OC(=O)N(C)c2ccc(Nc3nc(N)n(-c4cc(N5CCCN(C(C)=O)CC5)ncn4)n3)cc2)cc1. The zero-order valence-corrected chi connectivity index (χ0v) is 23.6. The Balaban J connectivity index is 1.23. The highest BCUT2D eigenvalue weighted by Gasteiger charge is 2.19. The normalized spacial score (nSPS) is 13.3. The smallest absolute Gasteiger partial charge is 0.419 e. The van der Waals surface area contributed by atoms with E-state index >= 15 is 0 Å². The van der Waals surface area contributed by atoms with E-state index in [2.05, 4.69) is 30.3 Å². The minimum atomic E-state index is -0.533. The Bertz CT molecular complexity index is 1540. The fraction of sp³-hybridized carbons (Fsp3) is 0.286. The molecule has 3 heterocycles. The third-order valence-corrected chi connectivity index (χ3v) is 6.80. The Kier molecular flexibility index (Phi) is 8.32. The first-order chi connectivity index (χ1) is 20.3. The second-order valence-electron chi connectivity index (χ2n) is 9.56. The average Bonchev–Trinajstić information content (AvgIpc) is 3.19. The molecule has 2 aromatic heterocycles. The number of carbonyl (C=O) groups is 2. The maximum Gasteiger partial charge on any atom is 0.419 e. The van der Waals surface area contributed by atoms with Crippen LogP contribution in [0, 0.1) is 0 Å². The first kappa shape index (κ1) is 28.1. The van der Waals surface area contributed by atoms with Crippen LogP contribution in [0.15, 0.2) is 60.9 Å². The molecule has 14 nitrogen and oxygen atoms in total. The summed E-state index contributed by atoms with van der Waals surface area (Å²) in [6.07, 6.45) is 1.77. The third kappa shape index (κ3) is 6.49.